The van der Waals surface area contributed by atoms with E-state index >= 15 is 0 Å². The van der Waals surface area contributed by atoms with Crippen LogP contribution < -0.4 is 10.9 Å². The molecule has 4 aromatic rings. The Labute approximate surface area is 186 Å². The van der Waals surface area contributed by atoms with Gasteiger partial charge in [0.05, 0.1) is 16.2 Å². The average Bonchev–Trinajstić information content (AvgIpc) is 3.29. The Hall–Kier alpha value is -4.29. The standard InChI is InChI=1S/C23H16N4O4S/c1-2-14-3-5-17(6-4-14)25-12-16(11-24)22-26-20(13-32-22)19-10-15-9-18(27(29)30)7-8-21(15)31-23(19)28/h3-10,12-13,25H,2H2,1H3. The highest BCUT2D eigenvalue weighted by molar-refractivity contribution is 7.11. The molecule has 0 saturated heterocycles. The molecule has 158 valence electrons. The second-order valence-electron chi connectivity index (χ2n) is 6.83. The van der Waals surface area contributed by atoms with Gasteiger partial charge in [0.25, 0.3) is 5.69 Å². The number of aryl methyl sites for hydroxylation is 1. The highest BCUT2D eigenvalue weighted by Crippen LogP contribution is 2.28. The summed E-state index contributed by atoms with van der Waals surface area (Å²) in [6, 6.07) is 15.5. The Morgan fingerprint density at radius 3 is 2.75 bits per heavy atom. The highest BCUT2D eigenvalue weighted by Gasteiger charge is 2.15. The number of thiazole rings is 1. The van der Waals surface area contributed by atoms with Crippen molar-refractivity contribution in [2.45, 2.75) is 13.3 Å². The Bertz CT molecular complexity index is 1450. The SMILES string of the molecule is CCc1ccc(NC=C(C#N)c2nc(-c3cc4cc([N+](=O)[O-])ccc4oc3=O)cs2)cc1. The largest absolute Gasteiger partial charge is 0.422 e. The van der Waals surface area contributed by atoms with Gasteiger partial charge in [0, 0.05) is 34.8 Å². The molecule has 0 aliphatic carbocycles. The summed E-state index contributed by atoms with van der Waals surface area (Å²) < 4.78 is 5.30. The van der Waals surface area contributed by atoms with Gasteiger partial charge in [0.15, 0.2) is 0 Å². The predicted octanol–water partition coefficient (Wildman–Crippen LogP) is 5.36. The maximum Gasteiger partial charge on any atom is 0.345 e. The molecule has 0 aliphatic heterocycles. The van der Waals surface area contributed by atoms with Gasteiger partial charge in [-0.05, 0) is 36.2 Å². The third-order valence-electron chi connectivity index (χ3n) is 4.80. The molecule has 2 aromatic carbocycles. The average molecular weight is 444 g/mol. The van der Waals surface area contributed by atoms with E-state index in [1.807, 2.05) is 24.3 Å². The van der Waals surface area contributed by atoms with E-state index in [0.717, 1.165) is 12.1 Å². The molecule has 1 N–H and O–H groups in total. The van der Waals surface area contributed by atoms with Crippen molar-refractivity contribution in [3.63, 3.8) is 0 Å². The minimum Gasteiger partial charge on any atom is -0.422 e. The van der Waals surface area contributed by atoms with E-state index in [2.05, 4.69) is 23.3 Å². The first-order chi connectivity index (χ1) is 15.5. The first kappa shape index (κ1) is 21.0. The monoisotopic (exact) mass is 444 g/mol. The second kappa shape index (κ2) is 8.83. The predicted molar refractivity (Wildman–Crippen MR) is 123 cm³/mol. The smallest absolute Gasteiger partial charge is 0.345 e. The van der Waals surface area contributed by atoms with Crippen LogP contribution in [0.25, 0.3) is 27.8 Å². The van der Waals surface area contributed by atoms with Gasteiger partial charge >= 0.3 is 5.63 Å². The van der Waals surface area contributed by atoms with Crippen molar-refractivity contribution in [3.05, 3.63) is 91.2 Å². The molecule has 32 heavy (non-hydrogen) atoms. The van der Waals surface area contributed by atoms with Gasteiger partial charge in [0.2, 0.25) is 0 Å². The van der Waals surface area contributed by atoms with E-state index in [9.17, 15) is 20.2 Å². The summed E-state index contributed by atoms with van der Waals surface area (Å²) in [6.45, 7) is 2.08. The quantitative estimate of drug-likeness (QED) is 0.184. The van der Waals surface area contributed by atoms with Crippen LogP contribution in [0.1, 0.15) is 17.5 Å². The molecule has 0 amide bonds. The topological polar surface area (TPSA) is 122 Å². The van der Waals surface area contributed by atoms with E-state index in [-0.39, 0.29) is 16.8 Å². The summed E-state index contributed by atoms with van der Waals surface area (Å²) in [5.41, 5.74) is 2.38. The number of hydrogen-bond acceptors (Lipinski definition) is 8. The van der Waals surface area contributed by atoms with E-state index in [1.54, 1.807) is 11.6 Å². The van der Waals surface area contributed by atoms with Crippen molar-refractivity contribution in [2.24, 2.45) is 0 Å². The van der Waals surface area contributed by atoms with Crippen molar-refractivity contribution in [3.8, 4) is 17.3 Å². The zero-order valence-electron chi connectivity index (χ0n) is 16.9. The molecular weight excluding hydrogens is 428 g/mol. The minimum absolute atomic E-state index is 0.107. The molecule has 0 unspecified atom stereocenters. The van der Waals surface area contributed by atoms with Crippen molar-refractivity contribution in [1.82, 2.24) is 4.98 Å². The van der Waals surface area contributed by atoms with Crippen LogP contribution in [-0.2, 0) is 6.42 Å². The van der Waals surface area contributed by atoms with E-state index in [1.165, 1.54) is 41.2 Å². The molecule has 0 fully saturated rings. The summed E-state index contributed by atoms with van der Waals surface area (Å²) in [4.78, 5) is 27.4. The number of nitrogens with zero attached hydrogens (tertiary/aromatic N) is 3. The molecule has 0 atom stereocenters. The number of nitriles is 1. The number of nitrogens with one attached hydrogen (secondary N) is 1. The molecule has 8 nitrogen and oxygen atoms in total. The molecule has 2 heterocycles. The summed E-state index contributed by atoms with van der Waals surface area (Å²) in [5, 5.41) is 26.2. The van der Waals surface area contributed by atoms with Crippen LogP contribution in [0, 0.1) is 21.4 Å². The minimum atomic E-state index is -0.611. The highest BCUT2D eigenvalue weighted by atomic mass is 32.1. The lowest BCUT2D eigenvalue weighted by molar-refractivity contribution is -0.384. The van der Waals surface area contributed by atoms with Gasteiger partial charge in [-0.1, -0.05) is 19.1 Å². The van der Waals surface area contributed by atoms with Crippen LogP contribution in [0.15, 0.2) is 69.3 Å². The van der Waals surface area contributed by atoms with Crippen LogP contribution in [0.3, 0.4) is 0 Å². The van der Waals surface area contributed by atoms with E-state index < -0.39 is 10.5 Å². The number of anilines is 1. The molecule has 0 bridgehead atoms. The third-order valence-corrected chi connectivity index (χ3v) is 5.68. The third kappa shape index (κ3) is 4.26. The second-order valence-corrected chi connectivity index (χ2v) is 7.69. The lowest BCUT2D eigenvalue weighted by Gasteiger charge is -2.03. The van der Waals surface area contributed by atoms with Crippen molar-refractivity contribution >= 4 is 39.3 Å². The Morgan fingerprint density at radius 2 is 2.06 bits per heavy atom. The normalized spacial score (nSPS) is 11.3. The molecular formula is C23H16N4O4S. The molecule has 2 aromatic heterocycles. The first-order valence-corrected chi connectivity index (χ1v) is 10.5. The Balaban J connectivity index is 1.65. The van der Waals surface area contributed by atoms with Gasteiger partial charge in [-0.25, -0.2) is 9.78 Å². The number of non-ortho nitro benzene ring substituents is 1. The number of hydrogen-bond donors (Lipinski definition) is 1. The number of fused-ring (bicyclic) bond motifs is 1. The van der Waals surface area contributed by atoms with Crippen LogP contribution in [0.4, 0.5) is 11.4 Å². The maximum atomic E-state index is 12.4. The number of nitro benzene ring substituents is 1. The van der Waals surface area contributed by atoms with Gasteiger partial charge in [-0.15, -0.1) is 11.3 Å². The number of aromatic nitrogens is 1. The summed E-state index contributed by atoms with van der Waals surface area (Å²) in [6.07, 6.45) is 2.51. The van der Waals surface area contributed by atoms with Gasteiger partial charge < -0.3 is 9.73 Å². The molecule has 0 aliphatic rings. The first-order valence-electron chi connectivity index (χ1n) is 9.63. The lowest BCUT2D eigenvalue weighted by atomic mass is 10.1. The number of allylic oxidation sites excluding steroid dienone is 1. The van der Waals surface area contributed by atoms with Gasteiger partial charge in [0.1, 0.15) is 22.2 Å². The molecule has 0 radical (unpaired) electrons. The van der Waals surface area contributed by atoms with Gasteiger partial charge in [-0.3, -0.25) is 10.1 Å². The van der Waals surface area contributed by atoms with Crippen LogP contribution in [0.2, 0.25) is 0 Å². The number of rotatable bonds is 6. The fraction of sp³-hybridized carbons (Fsp3) is 0.0870. The van der Waals surface area contributed by atoms with Crippen LogP contribution in [0.5, 0.6) is 0 Å². The lowest BCUT2D eigenvalue weighted by Crippen LogP contribution is -2.03. The Kier molecular flexibility index (Phi) is 5.79. The summed E-state index contributed by atoms with van der Waals surface area (Å²) >= 11 is 1.21. The number of benzene rings is 2. The van der Waals surface area contributed by atoms with Crippen molar-refractivity contribution in [1.29, 1.82) is 5.26 Å². The molecule has 4 rings (SSSR count). The van der Waals surface area contributed by atoms with Crippen LogP contribution >= 0.6 is 11.3 Å². The summed E-state index contributed by atoms with van der Waals surface area (Å²) in [5.74, 6) is 0. The zero-order chi connectivity index (χ0) is 22.7. The van der Waals surface area contributed by atoms with E-state index in [0.29, 0.717) is 21.7 Å². The van der Waals surface area contributed by atoms with Crippen molar-refractivity contribution < 1.29 is 9.34 Å². The van der Waals surface area contributed by atoms with Gasteiger partial charge in [-0.2, -0.15) is 5.26 Å². The fourth-order valence-electron chi connectivity index (χ4n) is 3.06. The molecule has 0 spiro atoms. The van der Waals surface area contributed by atoms with E-state index in [4.69, 9.17) is 4.42 Å². The maximum absolute atomic E-state index is 12.4. The van der Waals surface area contributed by atoms with Crippen LogP contribution in [-0.4, -0.2) is 9.91 Å². The molecule has 9 heteroatoms. The Morgan fingerprint density at radius 1 is 1.28 bits per heavy atom. The summed E-state index contributed by atoms with van der Waals surface area (Å²) in [7, 11) is 0. The zero-order valence-corrected chi connectivity index (χ0v) is 17.7. The van der Waals surface area contributed by atoms with Crippen molar-refractivity contribution in [2.75, 3.05) is 5.32 Å². The fourth-order valence-corrected chi connectivity index (χ4v) is 3.84. The molecule has 0 saturated carbocycles. The number of nitro groups is 1.